The van der Waals surface area contributed by atoms with Crippen molar-refractivity contribution in [3.8, 4) is 0 Å². The van der Waals surface area contributed by atoms with Crippen LogP contribution < -0.4 is 5.32 Å². The third kappa shape index (κ3) is 3.17. The predicted molar refractivity (Wildman–Crippen MR) is 58.7 cm³/mol. The molecule has 0 aromatic heterocycles. The largest absolute Gasteiger partial charge is 0.390 e. The van der Waals surface area contributed by atoms with Crippen LogP contribution in [0.25, 0.3) is 0 Å². The van der Waals surface area contributed by atoms with Gasteiger partial charge in [-0.25, -0.2) is 0 Å². The molecule has 5 nitrogen and oxygen atoms in total. The molecule has 0 radical (unpaired) electrons. The molecule has 1 saturated carbocycles. The van der Waals surface area contributed by atoms with Gasteiger partial charge in [0, 0.05) is 13.0 Å². The van der Waals surface area contributed by atoms with E-state index < -0.39 is 23.7 Å². The van der Waals surface area contributed by atoms with Crippen molar-refractivity contribution >= 4 is 5.91 Å². The number of amides is 1. The van der Waals surface area contributed by atoms with Gasteiger partial charge in [0.1, 0.15) is 5.60 Å². The number of aliphatic hydroxyl groups excluding tert-OH is 2. The fourth-order valence-corrected chi connectivity index (χ4v) is 1.91. The minimum absolute atomic E-state index is 0.0911. The lowest BCUT2D eigenvalue weighted by molar-refractivity contribution is -0.154. The maximum absolute atomic E-state index is 11.7. The topological polar surface area (TPSA) is 89.8 Å². The van der Waals surface area contributed by atoms with Gasteiger partial charge in [-0.2, -0.15) is 0 Å². The van der Waals surface area contributed by atoms with Crippen molar-refractivity contribution in [1.82, 2.24) is 5.32 Å². The molecule has 0 unspecified atom stereocenters. The molecule has 0 spiro atoms. The Hall–Kier alpha value is -0.650. The van der Waals surface area contributed by atoms with Crippen LogP contribution in [0.5, 0.6) is 0 Å². The third-order valence-corrected chi connectivity index (χ3v) is 3.08. The Kier molecular flexibility index (Phi) is 4.70. The van der Waals surface area contributed by atoms with Gasteiger partial charge in [0.2, 0.25) is 0 Å². The summed E-state index contributed by atoms with van der Waals surface area (Å²) in [6.07, 6.45) is 0.348. The van der Waals surface area contributed by atoms with E-state index in [2.05, 4.69) is 5.32 Å². The monoisotopic (exact) mass is 231 g/mol. The summed E-state index contributed by atoms with van der Waals surface area (Å²) >= 11 is 0. The zero-order chi connectivity index (χ0) is 12.2. The van der Waals surface area contributed by atoms with Gasteiger partial charge in [-0.1, -0.05) is 13.3 Å². The lowest BCUT2D eigenvalue weighted by Crippen LogP contribution is -2.54. The van der Waals surface area contributed by atoms with Crippen molar-refractivity contribution in [3.05, 3.63) is 0 Å². The van der Waals surface area contributed by atoms with Gasteiger partial charge in [-0.05, 0) is 19.3 Å². The molecule has 1 amide bonds. The molecule has 0 bridgehead atoms. The van der Waals surface area contributed by atoms with Crippen LogP contribution in [0.3, 0.4) is 0 Å². The summed E-state index contributed by atoms with van der Waals surface area (Å²) in [7, 11) is 0. The van der Waals surface area contributed by atoms with Crippen LogP contribution in [-0.4, -0.2) is 45.6 Å². The summed E-state index contributed by atoms with van der Waals surface area (Å²) in [5.41, 5.74) is -1.52. The van der Waals surface area contributed by atoms with Crippen molar-refractivity contribution in [2.24, 2.45) is 0 Å². The SMILES string of the molecule is CCCCNC(=O)[C@]1(O)CC[C@@H](O)[C@H](O)C1. The third-order valence-electron chi connectivity index (χ3n) is 3.08. The van der Waals surface area contributed by atoms with Crippen molar-refractivity contribution in [2.75, 3.05) is 6.54 Å². The molecular weight excluding hydrogens is 210 g/mol. The van der Waals surface area contributed by atoms with Crippen LogP contribution in [0.15, 0.2) is 0 Å². The first kappa shape index (κ1) is 13.4. The molecule has 4 N–H and O–H groups in total. The van der Waals surface area contributed by atoms with E-state index in [1.54, 1.807) is 0 Å². The summed E-state index contributed by atoms with van der Waals surface area (Å²) in [4.78, 5) is 11.7. The van der Waals surface area contributed by atoms with E-state index in [4.69, 9.17) is 0 Å². The quantitative estimate of drug-likeness (QED) is 0.493. The van der Waals surface area contributed by atoms with Crippen LogP contribution in [-0.2, 0) is 4.79 Å². The van der Waals surface area contributed by atoms with Gasteiger partial charge in [0.25, 0.3) is 5.91 Å². The van der Waals surface area contributed by atoms with E-state index in [0.29, 0.717) is 6.54 Å². The maximum atomic E-state index is 11.7. The Morgan fingerprint density at radius 3 is 2.69 bits per heavy atom. The highest BCUT2D eigenvalue weighted by atomic mass is 16.3. The molecular formula is C11H21NO4. The van der Waals surface area contributed by atoms with Gasteiger partial charge >= 0.3 is 0 Å². The molecule has 0 aliphatic heterocycles. The summed E-state index contributed by atoms with van der Waals surface area (Å²) in [6.45, 7) is 2.55. The van der Waals surface area contributed by atoms with Crippen LogP contribution in [0.2, 0.25) is 0 Å². The molecule has 94 valence electrons. The van der Waals surface area contributed by atoms with Crippen LogP contribution in [0.1, 0.15) is 39.0 Å². The normalized spacial score (nSPS) is 34.8. The molecule has 1 aliphatic rings. The van der Waals surface area contributed by atoms with Gasteiger partial charge < -0.3 is 20.6 Å². The van der Waals surface area contributed by atoms with E-state index in [0.717, 1.165) is 12.8 Å². The summed E-state index contributed by atoms with van der Waals surface area (Å²) in [5.74, 6) is -0.438. The average molecular weight is 231 g/mol. The van der Waals surface area contributed by atoms with Crippen molar-refractivity contribution in [3.63, 3.8) is 0 Å². The number of carbonyl (C=O) groups excluding carboxylic acids is 1. The standard InChI is InChI=1S/C11H21NO4/c1-2-3-6-12-10(15)11(16)5-4-8(13)9(14)7-11/h8-9,13-14,16H,2-7H2,1H3,(H,12,15)/t8-,9-,11+/m1/s1. The summed E-state index contributed by atoms with van der Waals surface area (Å²) in [6, 6.07) is 0. The smallest absolute Gasteiger partial charge is 0.252 e. The fraction of sp³-hybridized carbons (Fsp3) is 0.909. The molecule has 1 aliphatic carbocycles. The maximum Gasteiger partial charge on any atom is 0.252 e. The second kappa shape index (κ2) is 5.61. The summed E-state index contributed by atoms with van der Waals surface area (Å²) in [5, 5.41) is 31.4. The zero-order valence-electron chi connectivity index (χ0n) is 9.65. The van der Waals surface area contributed by atoms with Crippen molar-refractivity contribution in [2.45, 2.75) is 56.8 Å². The highest BCUT2D eigenvalue weighted by Crippen LogP contribution is 2.28. The van der Waals surface area contributed by atoms with E-state index in [1.807, 2.05) is 6.92 Å². The molecule has 1 fully saturated rings. The van der Waals surface area contributed by atoms with Gasteiger partial charge in [0.05, 0.1) is 12.2 Å². The number of nitrogens with one attached hydrogen (secondary N) is 1. The molecule has 3 atom stereocenters. The van der Waals surface area contributed by atoms with Gasteiger partial charge in [-0.3, -0.25) is 4.79 Å². The van der Waals surface area contributed by atoms with E-state index in [1.165, 1.54) is 0 Å². The molecule has 5 heteroatoms. The molecule has 0 aromatic carbocycles. The highest BCUT2D eigenvalue weighted by molar-refractivity contribution is 5.85. The molecule has 1 rings (SSSR count). The summed E-state index contributed by atoms with van der Waals surface area (Å²) < 4.78 is 0. The Morgan fingerprint density at radius 1 is 1.44 bits per heavy atom. The van der Waals surface area contributed by atoms with E-state index >= 15 is 0 Å². The molecule has 0 aromatic rings. The van der Waals surface area contributed by atoms with E-state index in [-0.39, 0.29) is 19.3 Å². The lowest BCUT2D eigenvalue weighted by atomic mass is 9.81. The number of hydrogen-bond acceptors (Lipinski definition) is 4. The van der Waals surface area contributed by atoms with Crippen molar-refractivity contribution in [1.29, 1.82) is 0 Å². The van der Waals surface area contributed by atoms with Crippen LogP contribution in [0.4, 0.5) is 0 Å². The first-order valence-corrected chi connectivity index (χ1v) is 5.86. The molecule has 0 heterocycles. The molecule has 0 saturated heterocycles. The number of unbranched alkanes of at least 4 members (excludes halogenated alkanes) is 1. The van der Waals surface area contributed by atoms with E-state index in [9.17, 15) is 20.1 Å². The number of carbonyl (C=O) groups is 1. The van der Waals surface area contributed by atoms with Gasteiger partial charge in [0.15, 0.2) is 0 Å². The second-order valence-corrected chi connectivity index (χ2v) is 4.52. The van der Waals surface area contributed by atoms with Gasteiger partial charge in [-0.15, -0.1) is 0 Å². The predicted octanol–water partition coefficient (Wildman–Crippen LogP) is -0.461. The fourth-order valence-electron chi connectivity index (χ4n) is 1.91. The first-order chi connectivity index (χ1) is 7.49. The second-order valence-electron chi connectivity index (χ2n) is 4.52. The number of rotatable bonds is 4. The van der Waals surface area contributed by atoms with Crippen LogP contribution in [0, 0.1) is 0 Å². The lowest BCUT2D eigenvalue weighted by Gasteiger charge is -2.36. The Bertz CT molecular complexity index is 246. The highest BCUT2D eigenvalue weighted by Gasteiger charge is 2.43. The Morgan fingerprint density at radius 2 is 2.12 bits per heavy atom. The minimum Gasteiger partial charge on any atom is -0.390 e. The minimum atomic E-state index is -1.52. The average Bonchev–Trinajstić information content (AvgIpc) is 2.24. The number of hydrogen-bond donors (Lipinski definition) is 4. The zero-order valence-corrected chi connectivity index (χ0v) is 9.65. The first-order valence-electron chi connectivity index (χ1n) is 5.86. The van der Waals surface area contributed by atoms with Crippen LogP contribution >= 0.6 is 0 Å². The molecule has 16 heavy (non-hydrogen) atoms. The number of aliphatic hydroxyl groups is 3. The Balaban J connectivity index is 2.47. The Labute approximate surface area is 95.5 Å². The van der Waals surface area contributed by atoms with Crippen molar-refractivity contribution < 1.29 is 20.1 Å².